The average molecular weight is 517 g/mol. The molecule has 0 heterocycles. The summed E-state index contributed by atoms with van der Waals surface area (Å²) in [6.07, 6.45) is -4.56. The Kier molecular flexibility index (Phi) is 11.5. The van der Waals surface area contributed by atoms with E-state index in [4.69, 9.17) is 14.9 Å². The molecule has 11 nitrogen and oxygen atoms in total. The van der Waals surface area contributed by atoms with Gasteiger partial charge in [-0.1, -0.05) is 60.7 Å². The van der Waals surface area contributed by atoms with E-state index >= 15 is 0 Å². The lowest BCUT2D eigenvalue weighted by molar-refractivity contribution is -0.148. The number of alkyl carbamates (subject to hydrolysis) is 1. The van der Waals surface area contributed by atoms with Crippen molar-refractivity contribution in [2.24, 2.45) is 0 Å². The summed E-state index contributed by atoms with van der Waals surface area (Å²) in [4.78, 5) is 49.0. The molecule has 0 radical (unpaired) electrons. The van der Waals surface area contributed by atoms with Gasteiger partial charge in [0.25, 0.3) is 0 Å². The van der Waals surface area contributed by atoms with Gasteiger partial charge in [-0.25, -0.2) is 23.7 Å². The minimum Gasteiger partial charge on any atom is -0.467 e. The van der Waals surface area contributed by atoms with E-state index < -0.39 is 48.8 Å². The van der Waals surface area contributed by atoms with Gasteiger partial charge in [0, 0.05) is 13.5 Å². The second-order valence-corrected chi connectivity index (χ2v) is 7.75. The molecule has 2 aromatic rings. The van der Waals surface area contributed by atoms with Crippen molar-refractivity contribution in [1.29, 1.82) is 5.41 Å². The van der Waals surface area contributed by atoms with E-state index in [-0.39, 0.29) is 19.6 Å². The predicted molar refractivity (Wildman–Crippen MR) is 130 cm³/mol. The van der Waals surface area contributed by atoms with Gasteiger partial charge in [0.05, 0.1) is 13.2 Å². The molecule has 2 aromatic carbocycles. The van der Waals surface area contributed by atoms with E-state index in [9.17, 15) is 23.6 Å². The molecule has 12 heteroatoms. The van der Waals surface area contributed by atoms with E-state index in [0.29, 0.717) is 11.1 Å². The molecule has 3 amide bonds. The molecular weight excluding hydrogens is 487 g/mol. The third kappa shape index (κ3) is 9.96. The molecule has 0 aliphatic carbocycles. The number of carbonyl (C=O) groups excluding carboxylic acids is 4. The van der Waals surface area contributed by atoms with Crippen LogP contribution in [0.2, 0.25) is 0 Å². The number of nitrogens with zero attached hydrogens (tertiary/aromatic N) is 1. The first-order valence-electron chi connectivity index (χ1n) is 11.2. The lowest BCUT2D eigenvalue weighted by atomic mass is 10.1. The van der Waals surface area contributed by atoms with E-state index in [0.717, 1.165) is 18.9 Å². The number of hydrogen-bond donors (Lipinski definition) is 3. The van der Waals surface area contributed by atoms with Crippen LogP contribution in [0.4, 0.5) is 14.0 Å². The zero-order valence-corrected chi connectivity index (χ0v) is 20.4. The zero-order valence-electron chi connectivity index (χ0n) is 20.4. The number of nitrogens with one attached hydrogen (secondary N) is 3. The number of carbonyl (C=O) groups is 4. The van der Waals surface area contributed by atoms with Gasteiger partial charge in [-0.2, -0.15) is 0 Å². The quantitative estimate of drug-likeness (QED) is 0.190. The fraction of sp³-hybridized carbons (Fsp3) is 0.320. The van der Waals surface area contributed by atoms with Crippen LogP contribution in [0.3, 0.4) is 0 Å². The van der Waals surface area contributed by atoms with Crippen LogP contribution in [0.5, 0.6) is 0 Å². The Balaban J connectivity index is 2.10. The fourth-order valence-electron chi connectivity index (χ4n) is 3.11. The van der Waals surface area contributed by atoms with Crippen LogP contribution >= 0.6 is 0 Å². The maximum absolute atomic E-state index is 14.5. The molecule has 198 valence electrons. The Hall–Kier alpha value is -4.48. The summed E-state index contributed by atoms with van der Waals surface area (Å²) in [6, 6.07) is 16.2. The molecule has 0 saturated heterocycles. The van der Waals surface area contributed by atoms with Crippen LogP contribution < -0.4 is 10.6 Å². The third-order valence-corrected chi connectivity index (χ3v) is 4.96. The van der Waals surface area contributed by atoms with Crippen LogP contribution in [0.25, 0.3) is 0 Å². The highest BCUT2D eigenvalue weighted by atomic mass is 19.1. The monoisotopic (exact) mass is 516 g/mol. The van der Waals surface area contributed by atoms with Crippen molar-refractivity contribution in [3.8, 4) is 0 Å². The van der Waals surface area contributed by atoms with Crippen molar-refractivity contribution < 1.29 is 37.8 Å². The molecule has 0 unspecified atom stereocenters. The Bertz CT molecular complexity index is 1070. The lowest BCUT2D eigenvalue weighted by Gasteiger charge is -2.26. The van der Waals surface area contributed by atoms with E-state index in [2.05, 4.69) is 15.4 Å². The number of hydrogen-bond acceptors (Lipinski definition) is 8. The number of esters is 1. The summed E-state index contributed by atoms with van der Waals surface area (Å²) < 4.78 is 29.3. The van der Waals surface area contributed by atoms with Gasteiger partial charge in [-0.05, 0) is 17.5 Å². The molecule has 0 spiro atoms. The first-order valence-corrected chi connectivity index (χ1v) is 11.2. The van der Waals surface area contributed by atoms with Gasteiger partial charge in [-0.3, -0.25) is 15.5 Å². The molecular formula is C25H29FN4O7. The third-order valence-electron chi connectivity index (χ3n) is 4.96. The topological polar surface area (TPSA) is 147 Å². The summed E-state index contributed by atoms with van der Waals surface area (Å²) in [7, 11) is 0.994. The highest BCUT2D eigenvalue weighted by Gasteiger charge is 2.32. The number of methoxy groups -OCH3 is 1. The van der Waals surface area contributed by atoms with E-state index in [1.807, 2.05) is 0 Å². The Labute approximate surface area is 213 Å². The Morgan fingerprint density at radius 3 is 2.00 bits per heavy atom. The van der Waals surface area contributed by atoms with Crippen molar-refractivity contribution in [1.82, 2.24) is 15.5 Å². The molecule has 0 bridgehead atoms. The summed E-state index contributed by atoms with van der Waals surface area (Å²) in [5, 5.41) is 12.6. The van der Waals surface area contributed by atoms with Crippen molar-refractivity contribution >= 4 is 30.0 Å². The van der Waals surface area contributed by atoms with E-state index in [1.54, 1.807) is 60.7 Å². The highest BCUT2D eigenvalue weighted by Crippen LogP contribution is 2.10. The van der Waals surface area contributed by atoms with Crippen molar-refractivity contribution in [2.45, 2.75) is 38.8 Å². The van der Waals surface area contributed by atoms with Crippen molar-refractivity contribution in [3.63, 3.8) is 0 Å². The summed E-state index contributed by atoms with van der Waals surface area (Å²) >= 11 is 0. The second kappa shape index (κ2) is 14.8. The number of halogens is 1. The number of amides is 3. The van der Waals surface area contributed by atoms with Gasteiger partial charge < -0.3 is 19.5 Å². The number of benzene rings is 2. The van der Waals surface area contributed by atoms with Gasteiger partial charge in [0.15, 0.2) is 0 Å². The lowest BCUT2D eigenvalue weighted by Crippen LogP contribution is -2.51. The summed E-state index contributed by atoms with van der Waals surface area (Å²) in [6.45, 7) is 0.527. The fourth-order valence-corrected chi connectivity index (χ4v) is 3.11. The van der Waals surface area contributed by atoms with Crippen molar-refractivity contribution in [3.05, 3.63) is 71.8 Å². The van der Waals surface area contributed by atoms with Gasteiger partial charge >= 0.3 is 18.2 Å². The van der Waals surface area contributed by atoms with Crippen LogP contribution in [-0.4, -0.2) is 60.8 Å². The number of rotatable bonds is 10. The zero-order chi connectivity index (χ0) is 27.2. The molecule has 37 heavy (non-hydrogen) atoms. The normalized spacial score (nSPS) is 11.9. The Morgan fingerprint density at radius 1 is 0.946 bits per heavy atom. The Morgan fingerprint density at radius 2 is 1.49 bits per heavy atom. The van der Waals surface area contributed by atoms with E-state index in [1.165, 1.54) is 0 Å². The highest BCUT2D eigenvalue weighted by molar-refractivity contribution is 5.99. The summed E-state index contributed by atoms with van der Waals surface area (Å²) in [5.41, 5.74) is 1.38. The van der Waals surface area contributed by atoms with Gasteiger partial charge in [-0.15, -0.1) is 0 Å². The maximum Gasteiger partial charge on any atom is 0.416 e. The number of alkyl halides is 1. The molecule has 3 N–H and O–H groups in total. The summed E-state index contributed by atoms with van der Waals surface area (Å²) in [5.74, 6) is -2.53. The van der Waals surface area contributed by atoms with Crippen LogP contribution in [0.15, 0.2) is 60.7 Å². The molecule has 2 atom stereocenters. The smallest absolute Gasteiger partial charge is 0.416 e. The van der Waals surface area contributed by atoms with Crippen molar-refractivity contribution in [2.75, 3.05) is 13.7 Å². The first-order chi connectivity index (χ1) is 17.7. The minimum absolute atomic E-state index is 0.0777. The van der Waals surface area contributed by atoms with Gasteiger partial charge in [0.2, 0.25) is 18.0 Å². The second-order valence-electron chi connectivity index (χ2n) is 7.75. The number of ether oxygens (including phenoxy) is 3. The average Bonchev–Trinajstić information content (AvgIpc) is 2.90. The predicted octanol–water partition coefficient (Wildman–Crippen LogP) is 2.89. The standard InChI is InChI=1S/C25H29FN4O7/c1-17(31)28-20(21(26)22(32)35-2)13-14-30(25(34)37-16-19-11-7-4-8-12-19)23(27)29-24(33)36-15-18-9-5-3-6-10-18/h3-12,20-21H,13-16H2,1-2H3,(H,28,31)(H2,27,29,33)/t20-,21-/m0/s1. The molecule has 0 aliphatic heterocycles. The SMILES string of the molecule is COC(=O)[C@@H](F)[C@H](CCN(C(=N)NC(=O)OCc1ccccc1)C(=O)OCc1ccccc1)NC(C)=O. The van der Waals surface area contributed by atoms with Crippen LogP contribution in [0, 0.1) is 5.41 Å². The van der Waals surface area contributed by atoms with Crippen LogP contribution in [0.1, 0.15) is 24.5 Å². The first kappa shape index (κ1) is 28.8. The molecule has 2 rings (SSSR count). The maximum atomic E-state index is 14.5. The van der Waals surface area contributed by atoms with Crippen LogP contribution in [-0.2, 0) is 37.0 Å². The largest absolute Gasteiger partial charge is 0.467 e. The minimum atomic E-state index is -2.23. The molecule has 0 saturated carbocycles. The molecule has 0 fully saturated rings. The van der Waals surface area contributed by atoms with Gasteiger partial charge in [0.1, 0.15) is 13.2 Å². The molecule has 0 aliphatic rings. The molecule has 0 aromatic heterocycles. The number of guanidine groups is 1.